The molecule has 0 radical (unpaired) electrons. The van der Waals surface area contributed by atoms with E-state index in [-0.39, 0.29) is 17.5 Å². The Balaban J connectivity index is 2.18. The van der Waals surface area contributed by atoms with E-state index >= 15 is 0 Å². The van der Waals surface area contributed by atoms with Gasteiger partial charge in [0.15, 0.2) is 0 Å². The van der Waals surface area contributed by atoms with Crippen LogP contribution in [0.25, 0.3) is 16.6 Å². The lowest BCUT2D eigenvalue weighted by Crippen LogP contribution is -2.37. The van der Waals surface area contributed by atoms with Crippen molar-refractivity contribution < 1.29 is 4.79 Å². The number of carbonyl (C=O) groups is 1. The van der Waals surface area contributed by atoms with E-state index in [9.17, 15) is 9.59 Å². The van der Waals surface area contributed by atoms with Crippen LogP contribution in [-0.2, 0) is 11.2 Å². The highest BCUT2D eigenvalue weighted by Gasteiger charge is 2.26. The van der Waals surface area contributed by atoms with Crippen LogP contribution in [-0.4, -0.2) is 26.9 Å². The van der Waals surface area contributed by atoms with Gasteiger partial charge in [-0.2, -0.15) is 0 Å². The highest BCUT2D eigenvalue weighted by Crippen LogP contribution is 2.24. The standard InChI is InChI=1S/C26H33N3O2/c1-5-8-13-24(30)28(18-6-2)19(4)25-27-23-12-10-9-11-22(23)26(31)29(25)21-16-14-20(7-3)15-17-21/h9-12,14-17,19H,5-8,13,18H2,1-4H3. The van der Waals surface area contributed by atoms with E-state index in [1.807, 2.05) is 60.4 Å². The van der Waals surface area contributed by atoms with E-state index in [0.717, 1.165) is 31.4 Å². The van der Waals surface area contributed by atoms with Crippen LogP contribution in [0.3, 0.4) is 0 Å². The summed E-state index contributed by atoms with van der Waals surface area (Å²) in [4.78, 5) is 33.3. The van der Waals surface area contributed by atoms with Gasteiger partial charge >= 0.3 is 0 Å². The molecule has 3 rings (SSSR count). The number of hydrogen-bond acceptors (Lipinski definition) is 3. The molecular weight excluding hydrogens is 386 g/mol. The molecule has 0 saturated carbocycles. The molecular formula is C26H33N3O2. The van der Waals surface area contributed by atoms with Gasteiger partial charge in [0.1, 0.15) is 5.82 Å². The fraction of sp³-hybridized carbons (Fsp3) is 0.423. The van der Waals surface area contributed by atoms with Crippen LogP contribution < -0.4 is 5.56 Å². The minimum Gasteiger partial charge on any atom is -0.333 e. The first kappa shape index (κ1) is 22.7. The van der Waals surface area contributed by atoms with Crippen molar-refractivity contribution in [3.63, 3.8) is 0 Å². The average molecular weight is 420 g/mol. The van der Waals surface area contributed by atoms with Crippen LogP contribution in [0, 0.1) is 0 Å². The molecule has 0 aliphatic rings. The van der Waals surface area contributed by atoms with E-state index in [2.05, 4.69) is 20.8 Å². The van der Waals surface area contributed by atoms with E-state index in [4.69, 9.17) is 4.98 Å². The van der Waals surface area contributed by atoms with Gasteiger partial charge in [-0.1, -0.05) is 51.5 Å². The molecule has 1 amide bonds. The fourth-order valence-corrected chi connectivity index (χ4v) is 3.95. The largest absolute Gasteiger partial charge is 0.333 e. The second kappa shape index (κ2) is 10.4. The van der Waals surface area contributed by atoms with Crippen LogP contribution in [0.1, 0.15) is 70.8 Å². The first-order valence-electron chi connectivity index (χ1n) is 11.4. The lowest BCUT2D eigenvalue weighted by atomic mass is 10.1. The zero-order valence-electron chi connectivity index (χ0n) is 19.1. The fourth-order valence-electron chi connectivity index (χ4n) is 3.95. The molecule has 31 heavy (non-hydrogen) atoms. The van der Waals surface area contributed by atoms with Crippen LogP contribution >= 0.6 is 0 Å². The summed E-state index contributed by atoms with van der Waals surface area (Å²) in [5, 5.41) is 0.581. The summed E-state index contributed by atoms with van der Waals surface area (Å²) in [7, 11) is 0. The Hall–Kier alpha value is -2.95. The molecule has 0 fully saturated rings. The predicted molar refractivity (Wildman–Crippen MR) is 127 cm³/mol. The van der Waals surface area contributed by atoms with Gasteiger partial charge < -0.3 is 4.90 Å². The van der Waals surface area contributed by atoms with Crippen molar-refractivity contribution in [3.05, 3.63) is 70.3 Å². The lowest BCUT2D eigenvalue weighted by Gasteiger charge is -2.30. The molecule has 0 N–H and O–H groups in total. The maximum Gasteiger partial charge on any atom is 0.266 e. The highest BCUT2D eigenvalue weighted by molar-refractivity contribution is 5.79. The molecule has 5 heteroatoms. The van der Waals surface area contributed by atoms with Gasteiger partial charge in [0.2, 0.25) is 5.91 Å². The summed E-state index contributed by atoms with van der Waals surface area (Å²) in [6, 6.07) is 15.1. The van der Waals surface area contributed by atoms with Crippen molar-refractivity contribution in [3.8, 4) is 5.69 Å². The van der Waals surface area contributed by atoms with Crippen LogP contribution in [0.15, 0.2) is 53.3 Å². The molecule has 1 heterocycles. The van der Waals surface area contributed by atoms with Gasteiger partial charge in [-0.25, -0.2) is 4.98 Å². The Bertz CT molecular complexity index is 1090. The maximum absolute atomic E-state index is 13.6. The molecule has 1 aromatic heterocycles. The van der Waals surface area contributed by atoms with Crippen molar-refractivity contribution in [2.75, 3.05) is 6.54 Å². The SMILES string of the molecule is CCCCC(=O)N(CCC)C(C)c1nc2ccccc2c(=O)n1-c1ccc(CC)cc1. The van der Waals surface area contributed by atoms with Crippen molar-refractivity contribution in [1.29, 1.82) is 0 Å². The Labute approximate surface area is 184 Å². The Morgan fingerprint density at radius 3 is 2.39 bits per heavy atom. The molecule has 0 aliphatic heterocycles. The van der Waals surface area contributed by atoms with Gasteiger partial charge in [-0.15, -0.1) is 0 Å². The smallest absolute Gasteiger partial charge is 0.266 e. The van der Waals surface area contributed by atoms with Crippen molar-refractivity contribution in [1.82, 2.24) is 14.5 Å². The number of aromatic nitrogens is 2. The minimum atomic E-state index is -0.313. The molecule has 0 saturated heterocycles. The van der Waals surface area contributed by atoms with Gasteiger partial charge in [-0.05, 0) is 56.0 Å². The second-order valence-electron chi connectivity index (χ2n) is 8.01. The summed E-state index contributed by atoms with van der Waals surface area (Å²) in [6.07, 6.45) is 4.14. The molecule has 0 spiro atoms. The second-order valence-corrected chi connectivity index (χ2v) is 8.01. The number of aryl methyl sites for hydroxylation is 1. The highest BCUT2D eigenvalue weighted by atomic mass is 16.2. The third-order valence-electron chi connectivity index (χ3n) is 5.77. The van der Waals surface area contributed by atoms with Crippen molar-refractivity contribution >= 4 is 16.8 Å². The van der Waals surface area contributed by atoms with E-state index in [1.54, 1.807) is 4.57 Å². The third kappa shape index (κ3) is 4.87. The number of para-hydroxylation sites is 1. The number of benzene rings is 2. The average Bonchev–Trinajstić information content (AvgIpc) is 2.80. The normalized spacial score (nSPS) is 12.1. The number of hydrogen-bond donors (Lipinski definition) is 0. The number of rotatable bonds is 9. The molecule has 3 aromatic rings. The van der Waals surface area contributed by atoms with Gasteiger partial charge in [0, 0.05) is 13.0 Å². The summed E-state index contributed by atoms with van der Waals surface area (Å²) in [6.45, 7) is 8.88. The summed E-state index contributed by atoms with van der Waals surface area (Å²) in [5.74, 6) is 0.720. The number of unbranched alkanes of at least 4 members (excludes halogenated alkanes) is 1. The zero-order valence-corrected chi connectivity index (χ0v) is 19.1. The van der Waals surface area contributed by atoms with Crippen LogP contribution in [0.4, 0.5) is 0 Å². The number of carbonyl (C=O) groups excluding carboxylic acids is 1. The molecule has 0 aliphatic carbocycles. The Kier molecular flexibility index (Phi) is 7.61. The van der Waals surface area contributed by atoms with Crippen LogP contribution in [0.2, 0.25) is 0 Å². The first-order valence-corrected chi connectivity index (χ1v) is 11.4. The molecule has 2 aromatic carbocycles. The van der Waals surface area contributed by atoms with Crippen molar-refractivity contribution in [2.24, 2.45) is 0 Å². The van der Waals surface area contributed by atoms with Crippen molar-refractivity contribution in [2.45, 2.75) is 65.8 Å². The van der Waals surface area contributed by atoms with E-state index in [1.165, 1.54) is 5.56 Å². The van der Waals surface area contributed by atoms with Gasteiger partial charge in [-0.3, -0.25) is 14.2 Å². The molecule has 1 atom stereocenters. The predicted octanol–water partition coefficient (Wildman–Crippen LogP) is 5.44. The summed E-state index contributed by atoms with van der Waals surface area (Å²) < 4.78 is 1.68. The quantitative estimate of drug-likeness (QED) is 0.464. The summed E-state index contributed by atoms with van der Waals surface area (Å²) in [5.41, 5.74) is 2.55. The first-order chi connectivity index (χ1) is 15.0. The molecule has 0 bridgehead atoms. The van der Waals surface area contributed by atoms with E-state index in [0.29, 0.717) is 29.7 Å². The monoisotopic (exact) mass is 419 g/mol. The number of fused-ring (bicyclic) bond motifs is 1. The topological polar surface area (TPSA) is 55.2 Å². The molecule has 164 valence electrons. The van der Waals surface area contributed by atoms with Gasteiger partial charge in [0.25, 0.3) is 5.56 Å². The van der Waals surface area contributed by atoms with Crippen LogP contribution in [0.5, 0.6) is 0 Å². The molecule has 5 nitrogen and oxygen atoms in total. The molecule has 1 unspecified atom stereocenters. The third-order valence-corrected chi connectivity index (χ3v) is 5.77. The lowest BCUT2D eigenvalue weighted by molar-refractivity contribution is -0.133. The number of nitrogens with zero attached hydrogens (tertiary/aromatic N) is 3. The van der Waals surface area contributed by atoms with Gasteiger partial charge in [0.05, 0.1) is 22.6 Å². The zero-order chi connectivity index (χ0) is 22.4. The Morgan fingerprint density at radius 1 is 1.03 bits per heavy atom. The summed E-state index contributed by atoms with van der Waals surface area (Å²) >= 11 is 0. The number of amides is 1. The Morgan fingerprint density at radius 2 is 1.74 bits per heavy atom. The maximum atomic E-state index is 13.6. The van der Waals surface area contributed by atoms with E-state index < -0.39 is 0 Å². The minimum absolute atomic E-state index is 0.103.